The molecule has 7 nitrogen and oxygen atoms in total. The van der Waals surface area contributed by atoms with E-state index >= 15 is 0 Å². The predicted molar refractivity (Wildman–Crippen MR) is 88.8 cm³/mol. The first-order chi connectivity index (χ1) is 12.3. The number of halogens is 2. The normalized spacial score (nSPS) is 10.7. The van der Waals surface area contributed by atoms with Crippen molar-refractivity contribution in [1.82, 2.24) is 14.8 Å². The minimum Gasteiger partial charge on any atom is -0.366 e. The van der Waals surface area contributed by atoms with Crippen molar-refractivity contribution in [3.63, 3.8) is 0 Å². The summed E-state index contributed by atoms with van der Waals surface area (Å²) < 4.78 is 30.0. The number of aromatic nitrogens is 3. The van der Waals surface area contributed by atoms with Gasteiger partial charge in [-0.05, 0) is 36.4 Å². The predicted octanol–water partition coefficient (Wildman–Crippen LogP) is 1.63. The number of amides is 2. The molecule has 0 atom stereocenters. The second-order valence-electron chi connectivity index (χ2n) is 5.52. The summed E-state index contributed by atoms with van der Waals surface area (Å²) in [5, 5.41) is 7.79. The standard InChI is InChI=1S/C17H13F2N5O2/c1-24-16(10-4-2-8(14(20)25)6-12(10)18)22-23-17(24)11-5-3-9(15(21)26)7-13(11)19/h2-7H,1H3,(H2,20,25)(H2,21,26). The summed E-state index contributed by atoms with van der Waals surface area (Å²) >= 11 is 0. The highest BCUT2D eigenvalue weighted by Crippen LogP contribution is 2.27. The van der Waals surface area contributed by atoms with Crippen LogP contribution < -0.4 is 11.5 Å². The summed E-state index contributed by atoms with van der Waals surface area (Å²) in [6.45, 7) is 0. The number of hydrogen-bond acceptors (Lipinski definition) is 4. The molecular formula is C17H13F2N5O2. The van der Waals surface area contributed by atoms with Crippen LogP contribution in [0.3, 0.4) is 0 Å². The molecular weight excluding hydrogens is 344 g/mol. The average Bonchev–Trinajstić information content (AvgIpc) is 2.95. The van der Waals surface area contributed by atoms with Crippen LogP contribution in [0, 0.1) is 11.6 Å². The van der Waals surface area contributed by atoms with Crippen LogP contribution in [-0.2, 0) is 7.05 Å². The Hall–Kier alpha value is -3.62. The van der Waals surface area contributed by atoms with E-state index in [1.807, 2.05) is 0 Å². The molecule has 0 unspecified atom stereocenters. The molecule has 0 saturated heterocycles. The first-order valence-electron chi connectivity index (χ1n) is 7.38. The Kier molecular flexibility index (Phi) is 4.21. The lowest BCUT2D eigenvalue weighted by Crippen LogP contribution is -2.11. The number of primary amides is 2. The lowest BCUT2D eigenvalue weighted by Gasteiger charge is -2.07. The molecule has 0 bridgehead atoms. The van der Waals surface area contributed by atoms with E-state index < -0.39 is 23.4 Å². The minimum atomic E-state index is -0.759. The van der Waals surface area contributed by atoms with E-state index in [0.717, 1.165) is 12.1 Å². The van der Waals surface area contributed by atoms with E-state index in [1.54, 1.807) is 0 Å². The Bertz CT molecular complexity index is 965. The molecule has 0 radical (unpaired) electrons. The smallest absolute Gasteiger partial charge is 0.248 e. The largest absolute Gasteiger partial charge is 0.366 e. The molecule has 0 aliphatic heterocycles. The van der Waals surface area contributed by atoms with Crippen LogP contribution in [0.2, 0.25) is 0 Å². The lowest BCUT2D eigenvalue weighted by atomic mass is 10.1. The summed E-state index contributed by atoms with van der Waals surface area (Å²) in [6, 6.07) is 7.39. The zero-order valence-electron chi connectivity index (χ0n) is 13.5. The molecule has 0 saturated carbocycles. The molecule has 2 amide bonds. The maximum atomic E-state index is 14.3. The van der Waals surface area contributed by atoms with Crippen LogP contribution >= 0.6 is 0 Å². The molecule has 2 aromatic carbocycles. The molecule has 3 aromatic rings. The molecule has 0 fully saturated rings. The molecule has 3 rings (SSSR count). The van der Waals surface area contributed by atoms with Gasteiger partial charge in [0.05, 0.1) is 11.1 Å². The van der Waals surface area contributed by atoms with Crippen LogP contribution in [-0.4, -0.2) is 26.6 Å². The fourth-order valence-corrected chi connectivity index (χ4v) is 2.50. The summed E-state index contributed by atoms with van der Waals surface area (Å²) in [5.41, 5.74) is 10.4. The van der Waals surface area contributed by atoms with E-state index in [-0.39, 0.29) is 33.9 Å². The van der Waals surface area contributed by atoms with E-state index in [9.17, 15) is 18.4 Å². The van der Waals surface area contributed by atoms with Gasteiger partial charge in [0.15, 0.2) is 11.6 Å². The first-order valence-corrected chi connectivity index (χ1v) is 7.38. The topological polar surface area (TPSA) is 117 Å². The SMILES string of the molecule is Cn1c(-c2ccc(C(N)=O)cc2F)nnc1-c1ccc(C(N)=O)cc1F. The van der Waals surface area contributed by atoms with Crippen molar-refractivity contribution < 1.29 is 18.4 Å². The summed E-state index contributed by atoms with van der Waals surface area (Å²) in [6.07, 6.45) is 0. The molecule has 9 heteroatoms. The molecule has 0 spiro atoms. The van der Waals surface area contributed by atoms with Gasteiger partial charge in [-0.2, -0.15) is 0 Å². The second kappa shape index (κ2) is 6.36. The highest BCUT2D eigenvalue weighted by atomic mass is 19.1. The van der Waals surface area contributed by atoms with Gasteiger partial charge >= 0.3 is 0 Å². The Morgan fingerprint density at radius 1 is 0.846 bits per heavy atom. The molecule has 0 aliphatic rings. The fraction of sp³-hybridized carbons (Fsp3) is 0.0588. The van der Waals surface area contributed by atoms with Gasteiger partial charge < -0.3 is 16.0 Å². The molecule has 0 aliphatic carbocycles. The van der Waals surface area contributed by atoms with Gasteiger partial charge in [-0.3, -0.25) is 9.59 Å². The van der Waals surface area contributed by atoms with Gasteiger partial charge in [-0.25, -0.2) is 8.78 Å². The first kappa shape index (κ1) is 17.2. The third kappa shape index (κ3) is 2.90. The van der Waals surface area contributed by atoms with Crippen molar-refractivity contribution in [2.45, 2.75) is 0 Å². The maximum absolute atomic E-state index is 14.3. The van der Waals surface area contributed by atoms with Crippen LogP contribution in [0.1, 0.15) is 20.7 Å². The summed E-state index contributed by atoms with van der Waals surface area (Å²) in [5.74, 6) is -2.68. The highest BCUT2D eigenvalue weighted by molar-refractivity contribution is 5.93. The third-order valence-corrected chi connectivity index (χ3v) is 3.86. The number of hydrogen-bond donors (Lipinski definition) is 2. The van der Waals surface area contributed by atoms with E-state index in [0.29, 0.717) is 0 Å². The number of rotatable bonds is 4. The van der Waals surface area contributed by atoms with Crippen molar-refractivity contribution in [3.05, 3.63) is 59.2 Å². The Labute approximate surface area is 146 Å². The van der Waals surface area contributed by atoms with Gasteiger partial charge in [0.25, 0.3) is 0 Å². The molecule has 132 valence electrons. The third-order valence-electron chi connectivity index (χ3n) is 3.86. The maximum Gasteiger partial charge on any atom is 0.248 e. The number of carbonyl (C=O) groups is 2. The molecule has 1 heterocycles. The quantitative estimate of drug-likeness (QED) is 0.738. The Morgan fingerprint density at radius 2 is 1.23 bits per heavy atom. The zero-order chi connectivity index (χ0) is 19.0. The summed E-state index contributed by atoms with van der Waals surface area (Å²) in [4.78, 5) is 22.2. The monoisotopic (exact) mass is 357 g/mol. The van der Waals surface area contributed by atoms with E-state index in [2.05, 4.69) is 10.2 Å². The Morgan fingerprint density at radius 3 is 1.54 bits per heavy atom. The average molecular weight is 357 g/mol. The highest BCUT2D eigenvalue weighted by Gasteiger charge is 2.19. The van der Waals surface area contributed by atoms with Crippen molar-refractivity contribution in [2.75, 3.05) is 0 Å². The Balaban J connectivity index is 2.07. The molecule has 1 aromatic heterocycles. The van der Waals surface area contributed by atoms with Crippen LogP contribution in [0.25, 0.3) is 22.8 Å². The van der Waals surface area contributed by atoms with Crippen molar-refractivity contribution in [2.24, 2.45) is 18.5 Å². The number of benzene rings is 2. The van der Waals surface area contributed by atoms with Gasteiger partial charge in [-0.1, -0.05) is 0 Å². The minimum absolute atomic E-state index is 0.0155. The van der Waals surface area contributed by atoms with Crippen LogP contribution in [0.5, 0.6) is 0 Å². The van der Waals surface area contributed by atoms with E-state index in [4.69, 9.17) is 11.5 Å². The van der Waals surface area contributed by atoms with Gasteiger partial charge in [-0.15, -0.1) is 10.2 Å². The van der Waals surface area contributed by atoms with Crippen molar-refractivity contribution >= 4 is 11.8 Å². The van der Waals surface area contributed by atoms with Gasteiger partial charge in [0, 0.05) is 18.2 Å². The summed E-state index contributed by atoms with van der Waals surface area (Å²) in [7, 11) is 1.54. The lowest BCUT2D eigenvalue weighted by molar-refractivity contribution is 0.0991. The second-order valence-corrected chi connectivity index (χ2v) is 5.52. The molecule has 4 N–H and O–H groups in total. The van der Waals surface area contributed by atoms with Crippen molar-refractivity contribution in [3.8, 4) is 22.8 Å². The van der Waals surface area contributed by atoms with Crippen molar-refractivity contribution in [1.29, 1.82) is 0 Å². The van der Waals surface area contributed by atoms with E-state index in [1.165, 1.54) is 35.9 Å². The van der Waals surface area contributed by atoms with Crippen LogP contribution in [0.4, 0.5) is 8.78 Å². The number of carbonyl (C=O) groups excluding carboxylic acids is 2. The number of nitrogens with zero attached hydrogens (tertiary/aromatic N) is 3. The fourth-order valence-electron chi connectivity index (χ4n) is 2.50. The zero-order valence-corrected chi connectivity index (χ0v) is 13.5. The molecule has 26 heavy (non-hydrogen) atoms. The van der Waals surface area contributed by atoms with Gasteiger partial charge in [0.1, 0.15) is 11.6 Å². The van der Waals surface area contributed by atoms with Gasteiger partial charge in [0.2, 0.25) is 11.8 Å². The number of nitrogens with two attached hydrogens (primary N) is 2. The van der Waals surface area contributed by atoms with Crippen LogP contribution in [0.15, 0.2) is 36.4 Å².